The van der Waals surface area contributed by atoms with E-state index < -0.39 is 5.97 Å². The van der Waals surface area contributed by atoms with Crippen molar-refractivity contribution in [2.24, 2.45) is 5.92 Å². The fourth-order valence-electron chi connectivity index (χ4n) is 1.53. The number of hydrogen-bond acceptors (Lipinski definition) is 4. The number of aliphatic carboxylic acids is 1. The van der Waals surface area contributed by atoms with E-state index in [1.807, 2.05) is 19.2 Å². The summed E-state index contributed by atoms with van der Waals surface area (Å²) >= 11 is 1.52. The first kappa shape index (κ1) is 15.4. The van der Waals surface area contributed by atoms with Gasteiger partial charge in [-0.2, -0.15) is 0 Å². The van der Waals surface area contributed by atoms with Gasteiger partial charge in [-0.1, -0.05) is 13.8 Å². The summed E-state index contributed by atoms with van der Waals surface area (Å²) in [5.74, 6) is -0.845. The second-order valence-corrected chi connectivity index (χ2v) is 5.30. The van der Waals surface area contributed by atoms with Crippen molar-refractivity contribution in [2.45, 2.75) is 32.7 Å². The van der Waals surface area contributed by atoms with Gasteiger partial charge in [0, 0.05) is 24.4 Å². The Bertz CT molecular complexity index is 406. The normalized spacial score (nSPS) is 12.2. The second kappa shape index (κ2) is 7.73. The maximum absolute atomic E-state index is 11.6. The average molecular weight is 285 g/mol. The maximum Gasteiger partial charge on any atom is 0.315 e. The van der Waals surface area contributed by atoms with Gasteiger partial charge in [-0.3, -0.25) is 4.79 Å². The van der Waals surface area contributed by atoms with Crippen LogP contribution in [0.2, 0.25) is 0 Å². The van der Waals surface area contributed by atoms with E-state index in [-0.39, 0.29) is 24.4 Å². The standard InChI is InChI=1S/C12H19N3O3S/c1-8(2)10(5-11(16)17)15-12(18)13-4-3-9-6-19-7-14-9/h6-8,10H,3-5H2,1-2H3,(H,16,17)(H2,13,15,18). The first-order valence-corrected chi connectivity index (χ1v) is 7.06. The molecule has 1 aromatic heterocycles. The van der Waals surface area contributed by atoms with Gasteiger partial charge >= 0.3 is 12.0 Å². The van der Waals surface area contributed by atoms with Gasteiger partial charge < -0.3 is 15.7 Å². The number of nitrogens with one attached hydrogen (secondary N) is 2. The fourth-order valence-corrected chi connectivity index (χ4v) is 2.12. The highest BCUT2D eigenvalue weighted by Gasteiger charge is 2.19. The number of carboxylic acid groups (broad SMARTS) is 1. The third-order valence-electron chi connectivity index (χ3n) is 2.67. The molecule has 0 aliphatic heterocycles. The van der Waals surface area contributed by atoms with Crippen LogP contribution in [0.5, 0.6) is 0 Å². The Hall–Kier alpha value is -1.63. The summed E-state index contributed by atoms with van der Waals surface area (Å²) in [4.78, 5) is 26.4. The van der Waals surface area contributed by atoms with Gasteiger partial charge in [0.05, 0.1) is 17.6 Å². The second-order valence-electron chi connectivity index (χ2n) is 4.58. The molecule has 19 heavy (non-hydrogen) atoms. The number of hydrogen-bond donors (Lipinski definition) is 3. The zero-order valence-electron chi connectivity index (χ0n) is 11.0. The topological polar surface area (TPSA) is 91.3 Å². The first-order valence-electron chi connectivity index (χ1n) is 6.12. The molecular formula is C12H19N3O3S. The van der Waals surface area contributed by atoms with E-state index in [0.717, 1.165) is 5.69 Å². The minimum atomic E-state index is -0.915. The molecule has 1 rings (SSSR count). The molecule has 6 nitrogen and oxygen atoms in total. The third-order valence-corrected chi connectivity index (χ3v) is 3.30. The van der Waals surface area contributed by atoms with Crippen LogP contribution >= 0.6 is 11.3 Å². The van der Waals surface area contributed by atoms with Gasteiger partial charge in [0.15, 0.2) is 0 Å². The molecule has 2 amide bonds. The molecule has 0 aliphatic carbocycles. The van der Waals surface area contributed by atoms with E-state index in [0.29, 0.717) is 13.0 Å². The lowest BCUT2D eigenvalue weighted by molar-refractivity contribution is -0.137. The summed E-state index contributed by atoms with van der Waals surface area (Å²) < 4.78 is 0. The molecule has 0 saturated heterocycles. The Labute approximate surface area is 116 Å². The molecule has 7 heteroatoms. The van der Waals surface area contributed by atoms with Crippen LogP contribution in [0, 0.1) is 5.92 Å². The number of aromatic nitrogens is 1. The molecule has 1 aromatic rings. The smallest absolute Gasteiger partial charge is 0.315 e. The predicted octanol–water partition coefficient (Wildman–Crippen LogP) is 1.48. The summed E-state index contributed by atoms with van der Waals surface area (Å²) in [6, 6.07) is -0.702. The van der Waals surface area contributed by atoms with Crippen molar-refractivity contribution >= 4 is 23.3 Å². The van der Waals surface area contributed by atoms with Crippen molar-refractivity contribution in [3.63, 3.8) is 0 Å². The monoisotopic (exact) mass is 285 g/mol. The van der Waals surface area contributed by atoms with Crippen molar-refractivity contribution in [2.75, 3.05) is 6.54 Å². The quantitative estimate of drug-likeness (QED) is 0.707. The molecule has 3 N–H and O–H groups in total. The van der Waals surface area contributed by atoms with Crippen LogP contribution in [0.1, 0.15) is 26.0 Å². The fraction of sp³-hybridized carbons (Fsp3) is 0.583. The van der Waals surface area contributed by atoms with Gasteiger partial charge in [0.2, 0.25) is 0 Å². The molecule has 1 heterocycles. The van der Waals surface area contributed by atoms with Crippen LogP contribution in [-0.2, 0) is 11.2 Å². The largest absolute Gasteiger partial charge is 0.481 e. The van der Waals surface area contributed by atoms with E-state index >= 15 is 0 Å². The van der Waals surface area contributed by atoms with Gasteiger partial charge in [-0.25, -0.2) is 9.78 Å². The highest BCUT2D eigenvalue weighted by molar-refractivity contribution is 7.07. The maximum atomic E-state index is 11.6. The minimum Gasteiger partial charge on any atom is -0.481 e. The van der Waals surface area contributed by atoms with E-state index in [4.69, 9.17) is 5.11 Å². The number of rotatable bonds is 7. The van der Waals surface area contributed by atoms with E-state index in [1.54, 1.807) is 5.51 Å². The van der Waals surface area contributed by atoms with Crippen LogP contribution in [0.25, 0.3) is 0 Å². The molecule has 0 aromatic carbocycles. The van der Waals surface area contributed by atoms with Crippen LogP contribution < -0.4 is 10.6 Å². The molecule has 0 radical (unpaired) electrons. The molecule has 1 atom stereocenters. The number of carbonyl (C=O) groups is 2. The summed E-state index contributed by atoms with van der Waals surface area (Å²) in [6.45, 7) is 4.24. The third kappa shape index (κ3) is 6.19. The van der Waals surface area contributed by atoms with E-state index in [1.165, 1.54) is 11.3 Å². The molecule has 0 fully saturated rings. The zero-order chi connectivity index (χ0) is 14.3. The number of amides is 2. The number of urea groups is 1. The van der Waals surface area contributed by atoms with Gasteiger partial charge in [0.25, 0.3) is 0 Å². The van der Waals surface area contributed by atoms with Gasteiger partial charge in [0.1, 0.15) is 0 Å². The lowest BCUT2D eigenvalue weighted by atomic mass is 10.0. The van der Waals surface area contributed by atoms with Crippen LogP contribution in [0.4, 0.5) is 4.79 Å². The Morgan fingerprint density at radius 3 is 2.74 bits per heavy atom. The Balaban J connectivity index is 2.29. The van der Waals surface area contributed by atoms with Crippen molar-refractivity contribution in [3.05, 3.63) is 16.6 Å². The van der Waals surface area contributed by atoms with Crippen molar-refractivity contribution in [1.29, 1.82) is 0 Å². The Kier molecular flexibility index (Phi) is 6.27. The summed E-state index contributed by atoms with van der Waals surface area (Å²) in [5.41, 5.74) is 2.69. The van der Waals surface area contributed by atoms with Crippen molar-refractivity contribution in [3.8, 4) is 0 Å². The molecule has 106 valence electrons. The molecule has 0 aliphatic rings. The van der Waals surface area contributed by atoms with E-state index in [2.05, 4.69) is 15.6 Å². The molecule has 0 bridgehead atoms. The predicted molar refractivity (Wildman–Crippen MR) is 73.2 cm³/mol. The molecule has 1 unspecified atom stereocenters. The first-order chi connectivity index (χ1) is 8.99. The van der Waals surface area contributed by atoms with Crippen LogP contribution in [-0.4, -0.2) is 34.7 Å². The lowest BCUT2D eigenvalue weighted by Gasteiger charge is -2.20. The highest BCUT2D eigenvalue weighted by atomic mass is 32.1. The number of thiazole rings is 1. The Morgan fingerprint density at radius 2 is 2.21 bits per heavy atom. The zero-order valence-corrected chi connectivity index (χ0v) is 11.9. The molecule has 0 saturated carbocycles. The number of carbonyl (C=O) groups excluding carboxylic acids is 1. The van der Waals surface area contributed by atoms with Gasteiger partial charge in [-0.05, 0) is 5.92 Å². The van der Waals surface area contributed by atoms with E-state index in [9.17, 15) is 9.59 Å². The van der Waals surface area contributed by atoms with Crippen molar-refractivity contribution < 1.29 is 14.7 Å². The highest BCUT2D eigenvalue weighted by Crippen LogP contribution is 2.06. The lowest BCUT2D eigenvalue weighted by Crippen LogP contribution is -2.45. The number of carboxylic acids is 1. The van der Waals surface area contributed by atoms with Crippen molar-refractivity contribution in [1.82, 2.24) is 15.6 Å². The SMILES string of the molecule is CC(C)C(CC(=O)O)NC(=O)NCCc1cscn1. The minimum absolute atomic E-state index is 0.0698. The summed E-state index contributed by atoms with van der Waals surface area (Å²) in [6.07, 6.45) is 0.597. The summed E-state index contributed by atoms with van der Waals surface area (Å²) in [5, 5.41) is 16.1. The average Bonchev–Trinajstić information content (AvgIpc) is 2.80. The van der Waals surface area contributed by atoms with Gasteiger partial charge in [-0.15, -0.1) is 11.3 Å². The van der Waals surface area contributed by atoms with Crippen LogP contribution in [0.3, 0.4) is 0 Å². The summed E-state index contributed by atoms with van der Waals surface area (Å²) in [7, 11) is 0. The molecule has 0 spiro atoms. The Morgan fingerprint density at radius 1 is 1.47 bits per heavy atom. The molecular weight excluding hydrogens is 266 g/mol. The number of nitrogens with zero attached hydrogens (tertiary/aromatic N) is 1. The van der Waals surface area contributed by atoms with Crippen LogP contribution in [0.15, 0.2) is 10.9 Å².